The van der Waals surface area contributed by atoms with Crippen molar-refractivity contribution in [2.45, 2.75) is 63.6 Å². The first-order valence-corrected chi connectivity index (χ1v) is 15.5. The fraction of sp³-hybridized carbons (Fsp3) is 0.364. The Balaban J connectivity index is 0.969. The molecule has 7 rings (SSSR count). The molecule has 16 heteroatoms. The molecule has 0 radical (unpaired) electrons. The molecule has 0 spiro atoms. The zero-order valence-corrected chi connectivity index (χ0v) is 26.3. The second kappa shape index (κ2) is 11.3. The molecule has 0 saturated carbocycles. The van der Waals surface area contributed by atoms with Gasteiger partial charge in [0.25, 0.3) is 17.7 Å². The third-order valence-corrected chi connectivity index (χ3v) is 9.58. The number of piperidine rings is 1. The summed E-state index contributed by atoms with van der Waals surface area (Å²) in [6.45, 7) is 12.7. The predicted molar refractivity (Wildman–Crippen MR) is 166 cm³/mol. The Morgan fingerprint density at radius 3 is 2.43 bits per heavy atom. The van der Waals surface area contributed by atoms with Crippen LogP contribution < -0.4 is 15.5 Å². The van der Waals surface area contributed by atoms with Crippen LogP contribution in [0.2, 0.25) is 0 Å². The van der Waals surface area contributed by atoms with E-state index in [1.165, 1.54) is 10.7 Å². The third kappa shape index (κ3) is 5.39. The molecule has 1 unspecified atom stereocenters. The van der Waals surface area contributed by atoms with Gasteiger partial charge in [-0.3, -0.25) is 43.8 Å². The van der Waals surface area contributed by atoms with E-state index < -0.39 is 58.5 Å². The lowest BCUT2D eigenvalue weighted by Gasteiger charge is -2.45. The maximum atomic E-state index is 13.4. The lowest BCUT2D eigenvalue weighted by atomic mass is 10.0. The molecular weight excluding hydrogens is 645 g/mol. The van der Waals surface area contributed by atoms with E-state index in [0.29, 0.717) is 26.2 Å². The Hall–Kier alpha value is -5.56. The van der Waals surface area contributed by atoms with Gasteiger partial charge < -0.3 is 10.2 Å². The first-order chi connectivity index (χ1) is 23.1. The Morgan fingerprint density at radius 1 is 1.02 bits per heavy atom. The van der Waals surface area contributed by atoms with Gasteiger partial charge in [0.05, 0.1) is 29.0 Å². The van der Waals surface area contributed by atoms with Crippen LogP contribution in [0.4, 0.5) is 30.2 Å². The highest BCUT2D eigenvalue weighted by Crippen LogP contribution is 2.39. The van der Waals surface area contributed by atoms with Crippen molar-refractivity contribution in [2.24, 2.45) is 0 Å². The molecule has 0 bridgehead atoms. The highest BCUT2D eigenvalue weighted by molar-refractivity contribution is 6.23. The number of carbonyl (C=O) groups is 5. The molecule has 1 aromatic heterocycles. The number of hydrogen-bond acceptors (Lipinski definition) is 8. The molecule has 5 heterocycles. The summed E-state index contributed by atoms with van der Waals surface area (Å²) in [4.78, 5) is 71.5. The number of hydrogen-bond donors (Lipinski definition) is 2. The van der Waals surface area contributed by atoms with Gasteiger partial charge in [0.1, 0.15) is 11.6 Å². The number of aromatic nitrogens is 2. The molecule has 49 heavy (non-hydrogen) atoms. The van der Waals surface area contributed by atoms with Crippen LogP contribution in [0.5, 0.6) is 0 Å². The predicted octanol–water partition coefficient (Wildman–Crippen LogP) is 3.43. The van der Waals surface area contributed by atoms with Crippen molar-refractivity contribution in [1.82, 2.24) is 24.9 Å². The van der Waals surface area contributed by atoms with Crippen molar-refractivity contribution in [3.63, 3.8) is 0 Å². The summed E-state index contributed by atoms with van der Waals surface area (Å²) < 4.78 is 41.8. The number of imide groups is 2. The molecule has 0 aliphatic carbocycles. The monoisotopic (exact) mass is 674 g/mol. The van der Waals surface area contributed by atoms with Crippen LogP contribution in [0.1, 0.15) is 64.2 Å². The van der Waals surface area contributed by atoms with Gasteiger partial charge >= 0.3 is 6.18 Å². The summed E-state index contributed by atoms with van der Waals surface area (Å²) in [5.74, 6) is -2.78. The number of fused-ring (bicyclic) bond motifs is 2. The molecule has 252 valence electrons. The highest BCUT2D eigenvalue weighted by atomic mass is 19.4. The molecule has 2 saturated heterocycles. The Bertz CT molecular complexity index is 1990. The van der Waals surface area contributed by atoms with E-state index in [0.717, 1.165) is 34.0 Å². The molecular formula is C33H29F3N8O5. The lowest BCUT2D eigenvalue weighted by molar-refractivity contribution is -0.137. The zero-order chi connectivity index (χ0) is 35.0. The van der Waals surface area contributed by atoms with Crippen molar-refractivity contribution >= 4 is 46.6 Å². The average Bonchev–Trinajstić information content (AvgIpc) is 3.67. The number of anilines is 2. The average molecular weight is 675 g/mol. The largest absolute Gasteiger partial charge is 0.407 e. The lowest BCUT2D eigenvalue weighted by Crippen LogP contribution is -2.58. The number of carbonyl (C=O) groups excluding carboxylic acids is 5. The van der Waals surface area contributed by atoms with Crippen LogP contribution in [0.25, 0.3) is 4.85 Å². The van der Waals surface area contributed by atoms with E-state index in [9.17, 15) is 37.1 Å². The van der Waals surface area contributed by atoms with Gasteiger partial charge in [-0.25, -0.2) is 4.85 Å². The van der Waals surface area contributed by atoms with E-state index in [1.807, 2.05) is 0 Å². The Morgan fingerprint density at radius 2 is 1.76 bits per heavy atom. The van der Waals surface area contributed by atoms with Gasteiger partial charge in [0.15, 0.2) is 5.69 Å². The summed E-state index contributed by atoms with van der Waals surface area (Å²) in [6.07, 6.45) is -2.84. The molecule has 2 N–H and O–H groups in total. The Kier molecular flexibility index (Phi) is 7.36. The van der Waals surface area contributed by atoms with E-state index in [4.69, 9.17) is 6.57 Å². The smallest absolute Gasteiger partial charge is 0.368 e. The van der Waals surface area contributed by atoms with Crippen molar-refractivity contribution in [2.75, 3.05) is 23.3 Å². The van der Waals surface area contributed by atoms with Gasteiger partial charge in [0.2, 0.25) is 11.8 Å². The van der Waals surface area contributed by atoms with Crippen LogP contribution in [0.3, 0.4) is 0 Å². The maximum absolute atomic E-state index is 13.4. The minimum Gasteiger partial charge on any atom is -0.368 e. The van der Waals surface area contributed by atoms with Gasteiger partial charge in [-0.15, -0.1) is 0 Å². The quantitative estimate of drug-likeness (QED) is 0.300. The third-order valence-electron chi connectivity index (χ3n) is 9.58. The molecule has 2 fully saturated rings. The number of nitrogens with one attached hydrogen (secondary N) is 2. The number of halogens is 3. The Labute approximate surface area is 277 Å². The van der Waals surface area contributed by atoms with E-state index >= 15 is 0 Å². The molecule has 4 aliphatic heterocycles. The summed E-state index contributed by atoms with van der Waals surface area (Å²) in [6, 6.07) is 7.21. The van der Waals surface area contributed by atoms with Gasteiger partial charge in [-0.05, 0) is 50.6 Å². The van der Waals surface area contributed by atoms with Crippen LogP contribution in [-0.2, 0) is 39.2 Å². The normalized spacial score (nSPS) is 19.8. The first kappa shape index (κ1) is 32.0. The summed E-state index contributed by atoms with van der Waals surface area (Å²) >= 11 is 0. The van der Waals surface area contributed by atoms with E-state index in [-0.39, 0.29) is 35.7 Å². The zero-order valence-electron chi connectivity index (χ0n) is 26.3. The fourth-order valence-electron chi connectivity index (χ4n) is 6.60. The van der Waals surface area contributed by atoms with Crippen molar-refractivity contribution < 1.29 is 37.1 Å². The van der Waals surface area contributed by atoms with Crippen molar-refractivity contribution in [3.8, 4) is 0 Å². The molecule has 1 atom stereocenters. The standard InChI is InChI=1S/C33H29F3N8O5/c1-32(2,31(49)38-18-4-7-24(37-3)23(10-18)33(34,35)36)43-13-17-12-41(16-25(17)40-43)20-14-42(15-20)19-5-6-21-22(11-19)30(48)44(29(21)47)26-8-9-27(45)39-28(26)46/h4-7,10-11,13,20,26H,8-9,12,14-16H2,1-2H3,(H,38,49)(H,39,45,46). The van der Waals surface area contributed by atoms with Gasteiger partial charge in [-0.2, -0.15) is 18.3 Å². The molecule has 13 nitrogen and oxygen atoms in total. The summed E-state index contributed by atoms with van der Waals surface area (Å²) in [5.41, 5.74) is -0.0695. The molecule has 4 aliphatic rings. The molecule has 5 amide bonds. The van der Waals surface area contributed by atoms with Crippen LogP contribution >= 0.6 is 0 Å². The van der Waals surface area contributed by atoms with Crippen molar-refractivity contribution in [1.29, 1.82) is 0 Å². The second-order valence-corrected chi connectivity index (χ2v) is 13.0. The van der Waals surface area contributed by atoms with Gasteiger partial charge in [0, 0.05) is 61.8 Å². The number of rotatable bonds is 6. The molecule has 2 aromatic carbocycles. The van der Waals surface area contributed by atoms with Crippen LogP contribution in [0, 0.1) is 6.57 Å². The minimum atomic E-state index is -4.75. The topological polar surface area (TPSA) is 141 Å². The van der Waals surface area contributed by atoms with Crippen LogP contribution in [0.15, 0.2) is 42.6 Å². The fourth-order valence-corrected chi connectivity index (χ4v) is 6.60. The molecule has 3 aromatic rings. The number of benzene rings is 2. The minimum absolute atomic E-state index is 0.0465. The maximum Gasteiger partial charge on any atom is 0.407 e. The highest BCUT2D eigenvalue weighted by Gasteiger charge is 2.45. The second-order valence-electron chi connectivity index (χ2n) is 13.0. The van der Waals surface area contributed by atoms with E-state index in [1.54, 1.807) is 38.2 Å². The summed E-state index contributed by atoms with van der Waals surface area (Å²) in [5, 5.41) is 9.37. The van der Waals surface area contributed by atoms with Gasteiger partial charge in [-0.1, -0.05) is 6.07 Å². The van der Waals surface area contributed by atoms with Crippen LogP contribution in [-0.4, -0.2) is 74.3 Å². The SMILES string of the molecule is [C-]#[N+]c1ccc(NC(=O)C(C)(C)n2cc3c(n2)CN(C2CN(c4ccc5c(c4)C(=O)N(C4CCC(=O)NC4=O)C5=O)C2)C3)cc1C(F)(F)F. The number of nitrogens with zero attached hydrogens (tertiary/aromatic N) is 6. The van der Waals surface area contributed by atoms with Crippen molar-refractivity contribution in [3.05, 3.63) is 82.0 Å². The first-order valence-electron chi connectivity index (χ1n) is 15.5. The van der Waals surface area contributed by atoms with E-state index in [2.05, 4.69) is 30.4 Å². The summed E-state index contributed by atoms with van der Waals surface area (Å²) in [7, 11) is 0. The number of alkyl halides is 3. The number of amides is 5.